The van der Waals surface area contributed by atoms with Crippen LogP contribution in [0.5, 0.6) is 0 Å². The molecule has 0 aliphatic heterocycles. The van der Waals surface area contributed by atoms with Gasteiger partial charge < -0.3 is 0 Å². The zero-order chi connectivity index (χ0) is 12.5. The second-order valence-electron chi connectivity index (χ2n) is 3.84. The van der Waals surface area contributed by atoms with Gasteiger partial charge in [-0.3, -0.25) is 9.20 Å². The van der Waals surface area contributed by atoms with Gasteiger partial charge >= 0.3 is 0 Å². The quantitative estimate of drug-likeness (QED) is 0.663. The van der Waals surface area contributed by atoms with Crippen molar-refractivity contribution in [3.63, 3.8) is 0 Å². The Bertz CT molecular complexity index is 736. The highest BCUT2D eigenvalue weighted by atomic mass is 35.5. The fourth-order valence-electron chi connectivity index (χ4n) is 1.80. The zero-order valence-electron chi connectivity index (χ0n) is 9.25. The van der Waals surface area contributed by atoms with Crippen LogP contribution in [0.25, 0.3) is 17.0 Å². The van der Waals surface area contributed by atoms with E-state index < -0.39 is 0 Å². The molecule has 2 heterocycles. The highest BCUT2D eigenvalue weighted by Crippen LogP contribution is 2.21. The summed E-state index contributed by atoms with van der Waals surface area (Å²) in [7, 11) is 0. The maximum atomic E-state index is 10.8. The van der Waals surface area contributed by atoms with Gasteiger partial charge in [-0.05, 0) is 24.3 Å². The van der Waals surface area contributed by atoms with Gasteiger partial charge in [-0.1, -0.05) is 23.7 Å². The smallest absolute Gasteiger partial charge is 0.168 e. The van der Waals surface area contributed by atoms with Gasteiger partial charge in [-0.25, -0.2) is 0 Å². The van der Waals surface area contributed by atoms with Crippen molar-refractivity contribution in [2.75, 3.05) is 0 Å². The maximum absolute atomic E-state index is 10.8. The summed E-state index contributed by atoms with van der Waals surface area (Å²) in [5, 5.41) is 8.81. The van der Waals surface area contributed by atoms with Crippen molar-refractivity contribution in [1.29, 1.82) is 0 Å². The third kappa shape index (κ3) is 1.76. The van der Waals surface area contributed by atoms with Gasteiger partial charge in [0.15, 0.2) is 17.8 Å². The standard InChI is InChI=1S/C13H8ClN3O/c14-11-3-1-2-10(6-11)13-16-15-12-5-4-9(8-18)7-17(12)13/h1-8H. The van der Waals surface area contributed by atoms with Crippen molar-refractivity contribution >= 4 is 23.5 Å². The average Bonchev–Trinajstić information content (AvgIpc) is 2.81. The lowest BCUT2D eigenvalue weighted by Crippen LogP contribution is -1.92. The third-order valence-electron chi connectivity index (χ3n) is 2.64. The number of carbonyl (C=O) groups is 1. The van der Waals surface area contributed by atoms with Crippen LogP contribution in [0.15, 0.2) is 42.6 Å². The summed E-state index contributed by atoms with van der Waals surface area (Å²) in [5.74, 6) is 0.663. The molecule has 0 aliphatic carbocycles. The van der Waals surface area contributed by atoms with Crippen molar-refractivity contribution in [2.45, 2.75) is 0 Å². The fraction of sp³-hybridized carbons (Fsp3) is 0. The highest BCUT2D eigenvalue weighted by Gasteiger charge is 2.08. The maximum Gasteiger partial charge on any atom is 0.168 e. The number of aromatic nitrogens is 3. The first-order valence-electron chi connectivity index (χ1n) is 5.34. The van der Waals surface area contributed by atoms with E-state index >= 15 is 0 Å². The molecule has 3 rings (SSSR count). The number of fused-ring (bicyclic) bond motifs is 1. The Labute approximate surface area is 108 Å². The zero-order valence-corrected chi connectivity index (χ0v) is 10.0. The topological polar surface area (TPSA) is 47.3 Å². The first kappa shape index (κ1) is 10.9. The Kier molecular flexibility index (Phi) is 2.57. The summed E-state index contributed by atoms with van der Waals surface area (Å²) in [6.07, 6.45) is 2.50. The molecule has 0 atom stereocenters. The van der Waals surface area contributed by atoms with E-state index in [1.165, 1.54) is 0 Å². The Morgan fingerprint density at radius 1 is 1.17 bits per heavy atom. The van der Waals surface area contributed by atoms with Crippen LogP contribution < -0.4 is 0 Å². The number of halogens is 1. The Hall–Kier alpha value is -2.20. The second kappa shape index (κ2) is 4.23. The Morgan fingerprint density at radius 2 is 2.06 bits per heavy atom. The van der Waals surface area contributed by atoms with Crippen molar-refractivity contribution in [3.05, 3.63) is 53.2 Å². The normalized spacial score (nSPS) is 10.7. The van der Waals surface area contributed by atoms with Gasteiger partial charge in [0.1, 0.15) is 0 Å². The lowest BCUT2D eigenvalue weighted by molar-refractivity contribution is 0.112. The number of hydrogen-bond donors (Lipinski definition) is 0. The summed E-state index contributed by atoms with van der Waals surface area (Å²) in [4.78, 5) is 10.8. The minimum atomic E-state index is 0.575. The van der Waals surface area contributed by atoms with E-state index in [1.807, 2.05) is 18.2 Å². The molecule has 2 aromatic heterocycles. The number of benzene rings is 1. The number of pyridine rings is 1. The summed E-state index contributed by atoms with van der Waals surface area (Å²) in [6.45, 7) is 0. The van der Waals surface area contributed by atoms with E-state index in [-0.39, 0.29) is 0 Å². The summed E-state index contributed by atoms with van der Waals surface area (Å²) in [5.41, 5.74) is 2.12. The van der Waals surface area contributed by atoms with E-state index in [1.54, 1.807) is 28.8 Å². The van der Waals surface area contributed by atoms with Crippen molar-refractivity contribution in [1.82, 2.24) is 14.6 Å². The molecule has 4 nitrogen and oxygen atoms in total. The minimum Gasteiger partial charge on any atom is -0.298 e. The van der Waals surface area contributed by atoms with Gasteiger partial charge in [0.2, 0.25) is 0 Å². The van der Waals surface area contributed by atoms with Crippen LogP contribution in [0.4, 0.5) is 0 Å². The summed E-state index contributed by atoms with van der Waals surface area (Å²) >= 11 is 5.96. The van der Waals surface area contributed by atoms with E-state index in [0.29, 0.717) is 22.1 Å². The molecule has 18 heavy (non-hydrogen) atoms. The molecule has 0 unspecified atom stereocenters. The van der Waals surface area contributed by atoms with Crippen LogP contribution in [-0.4, -0.2) is 20.9 Å². The number of carbonyl (C=O) groups excluding carboxylic acids is 1. The molecule has 88 valence electrons. The van der Waals surface area contributed by atoms with Crippen LogP contribution in [0.3, 0.4) is 0 Å². The second-order valence-corrected chi connectivity index (χ2v) is 4.28. The predicted octanol–water partition coefficient (Wildman–Crippen LogP) is 2.86. The number of nitrogens with zero attached hydrogens (tertiary/aromatic N) is 3. The molecule has 0 radical (unpaired) electrons. The Balaban J connectivity index is 2.26. The van der Waals surface area contributed by atoms with E-state index in [9.17, 15) is 4.79 Å². The molecule has 0 bridgehead atoms. The van der Waals surface area contributed by atoms with Gasteiger partial charge in [-0.15, -0.1) is 10.2 Å². The molecule has 1 aromatic carbocycles. The summed E-state index contributed by atoms with van der Waals surface area (Å²) in [6, 6.07) is 10.8. The van der Waals surface area contributed by atoms with Crippen LogP contribution in [0.1, 0.15) is 10.4 Å². The van der Waals surface area contributed by atoms with Crippen LogP contribution >= 0.6 is 11.6 Å². The fourth-order valence-corrected chi connectivity index (χ4v) is 1.99. The van der Waals surface area contributed by atoms with Gasteiger partial charge in [0, 0.05) is 22.3 Å². The Morgan fingerprint density at radius 3 is 2.83 bits per heavy atom. The molecule has 0 saturated carbocycles. The number of rotatable bonds is 2. The van der Waals surface area contributed by atoms with Gasteiger partial charge in [0.05, 0.1) is 0 Å². The lowest BCUT2D eigenvalue weighted by atomic mass is 10.2. The van der Waals surface area contributed by atoms with Crippen molar-refractivity contribution in [2.24, 2.45) is 0 Å². The van der Waals surface area contributed by atoms with E-state index in [0.717, 1.165) is 11.8 Å². The molecule has 0 spiro atoms. The number of hydrogen-bond acceptors (Lipinski definition) is 3. The molecule has 0 saturated heterocycles. The average molecular weight is 258 g/mol. The van der Waals surface area contributed by atoms with E-state index in [2.05, 4.69) is 10.2 Å². The SMILES string of the molecule is O=Cc1ccc2nnc(-c3cccc(Cl)c3)n2c1. The largest absolute Gasteiger partial charge is 0.298 e. The molecule has 5 heteroatoms. The van der Waals surface area contributed by atoms with Gasteiger partial charge in [-0.2, -0.15) is 0 Å². The molecule has 0 amide bonds. The number of aldehydes is 1. The minimum absolute atomic E-state index is 0.575. The monoisotopic (exact) mass is 257 g/mol. The van der Waals surface area contributed by atoms with Crippen LogP contribution in [0.2, 0.25) is 5.02 Å². The highest BCUT2D eigenvalue weighted by molar-refractivity contribution is 6.30. The van der Waals surface area contributed by atoms with E-state index in [4.69, 9.17) is 11.6 Å². The molecular weight excluding hydrogens is 250 g/mol. The van der Waals surface area contributed by atoms with Gasteiger partial charge in [0.25, 0.3) is 0 Å². The molecule has 0 N–H and O–H groups in total. The van der Waals surface area contributed by atoms with Crippen LogP contribution in [-0.2, 0) is 0 Å². The molecule has 3 aromatic rings. The van der Waals surface area contributed by atoms with Crippen molar-refractivity contribution < 1.29 is 4.79 Å². The molecule has 0 fully saturated rings. The molecular formula is C13H8ClN3O. The third-order valence-corrected chi connectivity index (χ3v) is 2.88. The first-order valence-corrected chi connectivity index (χ1v) is 5.71. The summed E-state index contributed by atoms with van der Waals surface area (Å²) < 4.78 is 1.77. The first-order chi connectivity index (χ1) is 8.78. The van der Waals surface area contributed by atoms with Crippen LogP contribution in [0, 0.1) is 0 Å². The lowest BCUT2D eigenvalue weighted by Gasteiger charge is -2.01. The predicted molar refractivity (Wildman–Crippen MR) is 68.8 cm³/mol. The van der Waals surface area contributed by atoms with Crippen molar-refractivity contribution in [3.8, 4) is 11.4 Å². The molecule has 0 aliphatic rings.